The van der Waals surface area contributed by atoms with E-state index in [9.17, 15) is 18.0 Å². The minimum Gasteiger partial charge on any atom is -0.460 e. The summed E-state index contributed by atoms with van der Waals surface area (Å²) in [6.45, 7) is 6.60. The molecule has 0 aliphatic rings. The third kappa shape index (κ3) is 4.18. The number of aromatic nitrogens is 1. The van der Waals surface area contributed by atoms with E-state index in [-0.39, 0.29) is 12.5 Å². The molecule has 0 radical (unpaired) electrons. The Balaban J connectivity index is 1.94. The highest BCUT2D eigenvalue weighted by atomic mass is 19.4. The molecule has 0 saturated carbocycles. The van der Waals surface area contributed by atoms with Crippen molar-refractivity contribution < 1.29 is 22.4 Å². The van der Waals surface area contributed by atoms with Crippen LogP contribution in [0.15, 0.2) is 40.8 Å². The van der Waals surface area contributed by atoms with Gasteiger partial charge in [0, 0.05) is 25.2 Å². The summed E-state index contributed by atoms with van der Waals surface area (Å²) in [4.78, 5) is 12.6. The highest BCUT2D eigenvalue weighted by Gasteiger charge is 2.30. The zero-order chi connectivity index (χ0) is 19.8. The van der Waals surface area contributed by atoms with Crippen molar-refractivity contribution >= 4 is 17.0 Å². The number of furan rings is 1. The minimum atomic E-state index is -4.37. The summed E-state index contributed by atoms with van der Waals surface area (Å²) in [5.74, 6) is 0.771. The first-order valence-corrected chi connectivity index (χ1v) is 8.69. The normalized spacial score (nSPS) is 12.1. The standard InChI is InChI=1S/C20H21F3N2O2/c1-12(2)10-24-19(26)17-9-18-16(8-13(3)27-18)25(17)11-14-4-6-15(7-5-14)20(21,22)23/h4-9,12H,10-11H2,1-3H3,(H,24,26). The first-order valence-electron chi connectivity index (χ1n) is 8.69. The molecule has 3 rings (SSSR count). The van der Waals surface area contributed by atoms with Crippen LogP contribution in [-0.4, -0.2) is 17.0 Å². The summed E-state index contributed by atoms with van der Waals surface area (Å²) in [5, 5.41) is 2.87. The second-order valence-electron chi connectivity index (χ2n) is 7.02. The van der Waals surface area contributed by atoms with E-state index in [0.29, 0.717) is 35.1 Å². The molecule has 27 heavy (non-hydrogen) atoms. The molecule has 0 bridgehead atoms. The number of halogens is 3. The fraction of sp³-hybridized carbons (Fsp3) is 0.350. The summed E-state index contributed by atoms with van der Waals surface area (Å²) in [5.41, 5.74) is 1.70. The van der Waals surface area contributed by atoms with Crippen molar-refractivity contribution in [3.8, 4) is 0 Å². The molecular formula is C20H21F3N2O2. The molecule has 1 aromatic carbocycles. The molecule has 7 heteroatoms. The van der Waals surface area contributed by atoms with E-state index in [4.69, 9.17) is 4.42 Å². The van der Waals surface area contributed by atoms with E-state index in [2.05, 4.69) is 5.32 Å². The summed E-state index contributed by atoms with van der Waals surface area (Å²) in [6, 6.07) is 8.44. The Labute approximate surface area is 155 Å². The fourth-order valence-electron chi connectivity index (χ4n) is 2.89. The molecule has 2 heterocycles. The van der Waals surface area contributed by atoms with Crippen molar-refractivity contribution in [1.82, 2.24) is 9.88 Å². The van der Waals surface area contributed by atoms with E-state index < -0.39 is 11.7 Å². The molecule has 2 aromatic heterocycles. The van der Waals surface area contributed by atoms with Crippen LogP contribution in [0.25, 0.3) is 11.1 Å². The van der Waals surface area contributed by atoms with Crippen LogP contribution in [0.4, 0.5) is 13.2 Å². The zero-order valence-corrected chi connectivity index (χ0v) is 15.4. The van der Waals surface area contributed by atoms with Crippen molar-refractivity contribution in [3.05, 3.63) is 59.0 Å². The first-order chi connectivity index (χ1) is 12.6. The molecule has 0 atom stereocenters. The Morgan fingerprint density at radius 1 is 1.19 bits per heavy atom. The van der Waals surface area contributed by atoms with Crippen LogP contribution in [0.2, 0.25) is 0 Å². The van der Waals surface area contributed by atoms with Gasteiger partial charge in [-0.25, -0.2) is 0 Å². The third-order valence-electron chi connectivity index (χ3n) is 4.24. The maximum atomic E-state index is 12.8. The van der Waals surface area contributed by atoms with Gasteiger partial charge in [0.1, 0.15) is 11.5 Å². The predicted molar refractivity (Wildman–Crippen MR) is 96.7 cm³/mol. The highest BCUT2D eigenvalue weighted by molar-refractivity contribution is 5.97. The summed E-state index contributed by atoms with van der Waals surface area (Å²) in [7, 11) is 0. The highest BCUT2D eigenvalue weighted by Crippen LogP contribution is 2.30. The maximum Gasteiger partial charge on any atom is 0.416 e. The lowest BCUT2D eigenvalue weighted by Gasteiger charge is -2.13. The molecule has 1 N–H and O–H groups in total. The van der Waals surface area contributed by atoms with Crippen LogP contribution in [0, 0.1) is 12.8 Å². The van der Waals surface area contributed by atoms with E-state index in [1.807, 2.05) is 19.9 Å². The average Bonchev–Trinajstić information content (AvgIpc) is 3.09. The van der Waals surface area contributed by atoms with Gasteiger partial charge in [0.05, 0.1) is 11.1 Å². The van der Waals surface area contributed by atoms with Gasteiger partial charge in [0.25, 0.3) is 5.91 Å². The average molecular weight is 378 g/mol. The molecule has 4 nitrogen and oxygen atoms in total. The Hall–Kier alpha value is -2.70. The van der Waals surface area contributed by atoms with Gasteiger partial charge in [-0.1, -0.05) is 26.0 Å². The molecule has 0 aliphatic heterocycles. The Kier molecular flexibility index (Phi) is 5.04. The largest absolute Gasteiger partial charge is 0.460 e. The zero-order valence-electron chi connectivity index (χ0n) is 15.4. The monoisotopic (exact) mass is 378 g/mol. The van der Waals surface area contributed by atoms with Crippen molar-refractivity contribution in [3.63, 3.8) is 0 Å². The summed E-state index contributed by atoms with van der Waals surface area (Å²) >= 11 is 0. The van der Waals surface area contributed by atoms with Gasteiger partial charge in [0.15, 0.2) is 5.58 Å². The Morgan fingerprint density at radius 3 is 2.44 bits per heavy atom. The van der Waals surface area contributed by atoms with Crippen LogP contribution in [0.3, 0.4) is 0 Å². The summed E-state index contributed by atoms with van der Waals surface area (Å²) in [6.07, 6.45) is -4.37. The number of nitrogens with zero attached hydrogens (tertiary/aromatic N) is 1. The molecule has 144 valence electrons. The van der Waals surface area contributed by atoms with Crippen LogP contribution < -0.4 is 5.32 Å². The Morgan fingerprint density at radius 2 is 1.85 bits per heavy atom. The number of fused-ring (bicyclic) bond motifs is 1. The molecule has 0 spiro atoms. The quantitative estimate of drug-likeness (QED) is 0.679. The lowest BCUT2D eigenvalue weighted by molar-refractivity contribution is -0.137. The summed E-state index contributed by atoms with van der Waals surface area (Å²) < 4.78 is 45.7. The van der Waals surface area contributed by atoms with Crippen LogP contribution in [0.5, 0.6) is 0 Å². The number of amides is 1. The maximum absolute atomic E-state index is 12.8. The predicted octanol–water partition coefficient (Wildman–Crippen LogP) is 5.00. The SMILES string of the molecule is Cc1cc2c(cc(C(=O)NCC(C)C)n2Cc2ccc(C(F)(F)F)cc2)o1. The van der Waals surface area contributed by atoms with Crippen LogP contribution in [-0.2, 0) is 12.7 Å². The lowest BCUT2D eigenvalue weighted by atomic mass is 10.1. The lowest BCUT2D eigenvalue weighted by Crippen LogP contribution is -2.29. The number of nitrogens with one attached hydrogen (secondary N) is 1. The van der Waals surface area contributed by atoms with Crippen LogP contribution in [0.1, 0.15) is 41.2 Å². The van der Waals surface area contributed by atoms with Crippen molar-refractivity contribution in [1.29, 1.82) is 0 Å². The number of aryl methyl sites for hydroxylation is 1. The van der Waals surface area contributed by atoms with E-state index in [0.717, 1.165) is 17.6 Å². The molecule has 1 amide bonds. The molecule has 0 unspecified atom stereocenters. The first kappa shape index (κ1) is 19.1. The van der Waals surface area contributed by atoms with Gasteiger partial charge < -0.3 is 14.3 Å². The number of hydrogen-bond acceptors (Lipinski definition) is 2. The van der Waals surface area contributed by atoms with Gasteiger partial charge >= 0.3 is 6.18 Å². The molecule has 0 aliphatic carbocycles. The fourth-order valence-corrected chi connectivity index (χ4v) is 2.89. The van der Waals surface area contributed by atoms with Gasteiger partial charge in [-0.15, -0.1) is 0 Å². The molecule has 3 aromatic rings. The number of rotatable bonds is 5. The van der Waals surface area contributed by atoms with Gasteiger partial charge in [0.2, 0.25) is 0 Å². The number of carbonyl (C=O) groups is 1. The van der Waals surface area contributed by atoms with Crippen molar-refractivity contribution in [2.75, 3.05) is 6.54 Å². The number of hydrogen-bond donors (Lipinski definition) is 1. The topological polar surface area (TPSA) is 47.2 Å². The third-order valence-corrected chi connectivity index (χ3v) is 4.24. The molecule has 0 fully saturated rings. The van der Waals surface area contributed by atoms with E-state index in [1.165, 1.54) is 12.1 Å². The number of carbonyl (C=O) groups excluding carboxylic acids is 1. The van der Waals surface area contributed by atoms with Crippen molar-refractivity contribution in [2.24, 2.45) is 5.92 Å². The van der Waals surface area contributed by atoms with Crippen molar-refractivity contribution in [2.45, 2.75) is 33.5 Å². The van der Waals surface area contributed by atoms with E-state index in [1.54, 1.807) is 17.6 Å². The van der Waals surface area contributed by atoms with Gasteiger partial charge in [-0.3, -0.25) is 4.79 Å². The molecule has 0 saturated heterocycles. The number of alkyl halides is 3. The Bertz CT molecular complexity index is 950. The van der Waals surface area contributed by atoms with Crippen LogP contribution >= 0.6 is 0 Å². The molecular weight excluding hydrogens is 357 g/mol. The second kappa shape index (κ2) is 7.13. The van der Waals surface area contributed by atoms with Gasteiger partial charge in [-0.2, -0.15) is 13.2 Å². The smallest absolute Gasteiger partial charge is 0.416 e. The second-order valence-corrected chi connectivity index (χ2v) is 7.02. The van der Waals surface area contributed by atoms with Gasteiger partial charge in [-0.05, 0) is 30.5 Å². The number of benzene rings is 1. The van der Waals surface area contributed by atoms with E-state index >= 15 is 0 Å². The minimum absolute atomic E-state index is 0.236.